The summed E-state index contributed by atoms with van der Waals surface area (Å²) in [6, 6.07) is 35.6. The quantitative estimate of drug-likeness (QED) is 0.203. The van der Waals surface area contributed by atoms with Crippen molar-refractivity contribution in [2.24, 2.45) is 5.92 Å². The number of pyridine rings is 1. The molecule has 2 heteroatoms. The summed E-state index contributed by atoms with van der Waals surface area (Å²) in [6.45, 7) is 3.05. The minimum Gasteiger partial charge on any atom is -0.387 e. The molecule has 1 N–H and O–H groups in total. The lowest BCUT2D eigenvalue weighted by Crippen LogP contribution is -2.11. The zero-order valence-corrected chi connectivity index (χ0v) is 26.5. The van der Waals surface area contributed by atoms with Crippen LogP contribution in [0.15, 0.2) is 164 Å². The van der Waals surface area contributed by atoms with Crippen LogP contribution in [0.3, 0.4) is 0 Å². The molecule has 0 amide bonds. The van der Waals surface area contributed by atoms with E-state index in [2.05, 4.69) is 164 Å². The molecule has 2 aliphatic rings. The first-order chi connectivity index (χ1) is 23.3. The summed E-state index contributed by atoms with van der Waals surface area (Å²) in [4.78, 5) is 4.87. The van der Waals surface area contributed by atoms with E-state index in [1.165, 1.54) is 65.7 Å². The maximum absolute atomic E-state index is 4.87. The van der Waals surface area contributed by atoms with Gasteiger partial charge in [-0.1, -0.05) is 140 Å². The first-order valence-corrected chi connectivity index (χ1v) is 16.5. The predicted octanol–water partition coefficient (Wildman–Crippen LogP) is 11.5. The van der Waals surface area contributed by atoms with Crippen LogP contribution in [0.1, 0.15) is 24.5 Å². The van der Waals surface area contributed by atoms with E-state index in [0.29, 0.717) is 5.92 Å². The number of nitrogens with one attached hydrogen (secondary N) is 1. The molecule has 0 bridgehead atoms. The Morgan fingerprint density at radius 2 is 1.32 bits per heavy atom. The molecule has 226 valence electrons. The molecule has 0 spiro atoms. The van der Waals surface area contributed by atoms with Crippen molar-refractivity contribution in [3.05, 3.63) is 175 Å². The minimum absolute atomic E-state index is 0.353. The van der Waals surface area contributed by atoms with Crippen molar-refractivity contribution >= 4 is 43.5 Å². The van der Waals surface area contributed by atoms with E-state index in [4.69, 9.17) is 4.98 Å². The van der Waals surface area contributed by atoms with Crippen molar-refractivity contribution in [3.8, 4) is 22.4 Å². The molecule has 8 rings (SSSR count). The van der Waals surface area contributed by atoms with Crippen LogP contribution in [0.4, 0.5) is 0 Å². The molecule has 0 saturated carbocycles. The molecule has 1 unspecified atom stereocenters. The summed E-state index contributed by atoms with van der Waals surface area (Å²) < 4.78 is 0. The van der Waals surface area contributed by atoms with Gasteiger partial charge in [0.05, 0.1) is 5.69 Å². The summed E-state index contributed by atoms with van der Waals surface area (Å²) in [7, 11) is 0. The van der Waals surface area contributed by atoms with E-state index in [0.717, 1.165) is 24.2 Å². The Kier molecular flexibility index (Phi) is 7.69. The van der Waals surface area contributed by atoms with Gasteiger partial charge in [0, 0.05) is 18.3 Å². The van der Waals surface area contributed by atoms with E-state index in [-0.39, 0.29) is 0 Å². The average molecular weight is 605 g/mol. The number of hydrogen-bond acceptors (Lipinski definition) is 2. The second-order valence-electron chi connectivity index (χ2n) is 12.3. The van der Waals surface area contributed by atoms with Crippen LogP contribution in [0.25, 0.3) is 65.8 Å². The van der Waals surface area contributed by atoms with Crippen molar-refractivity contribution in [1.29, 1.82) is 0 Å². The standard InChI is InChI=1S/C45H36N2/c1-31-13-4-2-3-5-14-32(23-22-31)44-38-18-8-10-20-40(38)45(41-21-11-9-19-39(41)44)42-25-24-37(35-16-6-7-17-36(35)42)43-29-33(26-28-47-43)34-15-12-27-46-30-34/h2-4,6-29,31,46H,5,30H2,1H3/b3-2-,13-4-,23-22?,32-14+. The van der Waals surface area contributed by atoms with Crippen molar-refractivity contribution in [3.63, 3.8) is 0 Å². The lowest BCUT2D eigenvalue weighted by Gasteiger charge is -2.20. The molecule has 6 aromatic rings. The number of rotatable bonds is 4. The zero-order valence-electron chi connectivity index (χ0n) is 26.5. The van der Waals surface area contributed by atoms with E-state index in [1.54, 1.807) is 0 Å². The Hall–Kier alpha value is -5.73. The third kappa shape index (κ3) is 5.42. The summed E-state index contributed by atoms with van der Waals surface area (Å²) in [5.74, 6) is 0.353. The number of hydrogen-bond donors (Lipinski definition) is 1. The molecule has 2 heterocycles. The average Bonchev–Trinajstić information content (AvgIpc) is 3.13. The number of benzene rings is 5. The third-order valence-electron chi connectivity index (χ3n) is 9.34. The summed E-state index contributed by atoms with van der Waals surface area (Å²) >= 11 is 0. The number of fused-ring (bicyclic) bond motifs is 3. The van der Waals surface area contributed by atoms with Crippen molar-refractivity contribution < 1.29 is 0 Å². The maximum atomic E-state index is 4.87. The number of allylic oxidation sites excluding steroid dienone is 10. The molecule has 0 saturated heterocycles. The molecule has 1 aromatic heterocycles. The molecule has 2 nitrogen and oxygen atoms in total. The lowest BCUT2D eigenvalue weighted by atomic mass is 9.83. The highest BCUT2D eigenvalue weighted by Crippen LogP contribution is 2.45. The van der Waals surface area contributed by atoms with Gasteiger partial charge in [0.1, 0.15) is 0 Å². The van der Waals surface area contributed by atoms with Gasteiger partial charge in [0.25, 0.3) is 0 Å². The summed E-state index contributed by atoms with van der Waals surface area (Å²) in [5, 5.41) is 10.8. The van der Waals surface area contributed by atoms with Gasteiger partial charge < -0.3 is 5.32 Å². The highest BCUT2D eigenvalue weighted by molar-refractivity contribution is 6.22. The monoisotopic (exact) mass is 604 g/mol. The van der Waals surface area contributed by atoms with Crippen molar-refractivity contribution in [2.75, 3.05) is 6.54 Å². The van der Waals surface area contributed by atoms with Crippen LogP contribution in [-0.4, -0.2) is 11.5 Å². The van der Waals surface area contributed by atoms with Crippen LogP contribution < -0.4 is 5.32 Å². The summed E-state index contributed by atoms with van der Waals surface area (Å²) in [6.07, 6.45) is 24.8. The van der Waals surface area contributed by atoms with E-state index >= 15 is 0 Å². The van der Waals surface area contributed by atoms with Crippen LogP contribution in [-0.2, 0) is 0 Å². The molecule has 47 heavy (non-hydrogen) atoms. The Morgan fingerprint density at radius 3 is 2.02 bits per heavy atom. The second-order valence-corrected chi connectivity index (χ2v) is 12.3. The molecular weight excluding hydrogens is 569 g/mol. The largest absolute Gasteiger partial charge is 0.387 e. The lowest BCUT2D eigenvalue weighted by molar-refractivity contribution is 0.940. The van der Waals surface area contributed by atoms with E-state index < -0.39 is 0 Å². The minimum atomic E-state index is 0.353. The molecule has 1 atom stereocenters. The molecule has 0 fully saturated rings. The Labute approximate surface area is 276 Å². The Balaban J connectivity index is 1.36. The van der Waals surface area contributed by atoms with Crippen LogP contribution >= 0.6 is 0 Å². The SMILES string of the molecule is CC1C=C/C(c2c3ccccc3c(-c3ccc(-c4cc(C5=CC=CNC5)ccn4)c4ccccc34)c3ccccc23)=C\C/C=C\C=C/1. The fraction of sp³-hybridized carbons (Fsp3) is 0.0889. The Morgan fingerprint density at radius 1 is 0.660 bits per heavy atom. The predicted molar refractivity (Wildman–Crippen MR) is 202 cm³/mol. The smallest absolute Gasteiger partial charge is 0.0714 e. The van der Waals surface area contributed by atoms with Gasteiger partial charge in [0.2, 0.25) is 0 Å². The van der Waals surface area contributed by atoms with Crippen molar-refractivity contribution in [1.82, 2.24) is 10.3 Å². The maximum Gasteiger partial charge on any atom is 0.0714 e. The van der Waals surface area contributed by atoms with Crippen LogP contribution in [0.2, 0.25) is 0 Å². The highest BCUT2D eigenvalue weighted by atomic mass is 14.8. The summed E-state index contributed by atoms with van der Waals surface area (Å²) in [5.41, 5.74) is 9.65. The van der Waals surface area contributed by atoms with Gasteiger partial charge in [-0.3, -0.25) is 4.98 Å². The molecule has 1 aliphatic carbocycles. The first kappa shape index (κ1) is 28.7. The van der Waals surface area contributed by atoms with Crippen molar-refractivity contribution in [2.45, 2.75) is 13.3 Å². The van der Waals surface area contributed by atoms with E-state index in [9.17, 15) is 0 Å². The van der Waals surface area contributed by atoms with Gasteiger partial charge in [-0.2, -0.15) is 0 Å². The highest BCUT2D eigenvalue weighted by Gasteiger charge is 2.19. The van der Waals surface area contributed by atoms with Gasteiger partial charge >= 0.3 is 0 Å². The number of dihydropyridines is 1. The van der Waals surface area contributed by atoms with Gasteiger partial charge in [-0.05, 0) is 102 Å². The Bertz CT molecular complexity index is 2290. The third-order valence-corrected chi connectivity index (χ3v) is 9.34. The fourth-order valence-corrected chi connectivity index (χ4v) is 7.07. The molecule has 1 aliphatic heterocycles. The van der Waals surface area contributed by atoms with Gasteiger partial charge in [0.15, 0.2) is 0 Å². The number of nitrogens with zero attached hydrogens (tertiary/aromatic N) is 1. The normalized spacial score (nSPS) is 18.8. The van der Waals surface area contributed by atoms with Crippen LogP contribution in [0, 0.1) is 5.92 Å². The zero-order chi connectivity index (χ0) is 31.6. The van der Waals surface area contributed by atoms with Gasteiger partial charge in [-0.25, -0.2) is 0 Å². The molecule has 5 aromatic carbocycles. The molecule has 0 radical (unpaired) electrons. The molecular formula is C45H36N2. The van der Waals surface area contributed by atoms with Gasteiger partial charge in [-0.15, -0.1) is 0 Å². The topological polar surface area (TPSA) is 24.9 Å². The second kappa shape index (κ2) is 12.6. The first-order valence-electron chi connectivity index (χ1n) is 16.5. The fourth-order valence-electron chi connectivity index (χ4n) is 7.07. The van der Waals surface area contributed by atoms with Crippen LogP contribution in [0.5, 0.6) is 0 Å². The van der Waals surface area contributed by atoms with E-state index in [1.807, 2.05) is 12.4 Å². The number of aromatic nitrogens is 1.